The van der Waals surface area contributed by atoms with Crippen molar-refractivity contribution in [2.45, 2.75) is 32.1 Å². The summed E-state index contributed by atoms with van der Waals surface area (Å²) in [4.78, 5) is 46.4. The number of H-pyrrole nitrogens is 1. The number of likely N-dealkylation sites (tertiary alicyclic amines) is 1. The third-order valence-electron chi connectivity index (χ3n) is 6.90. The van der Waals surface area contributed by atoms with Gasteiger partial charge >= 0.3 is 0 Å². The molecule has 2 amide bonds. The lowest BCUT2D eigenvalue weighted by atomic mass is 10.2. The van der Waals surface area contributed by atoms with Gasteiger partial charge in [0.1, 0.15) is 5.69 Å². The van der Waals surface area contributed by atoms with Crippen LogP contribution < -0.4 is 15.0 Å². The number of aromatic amines is 1. The van der Waals surface area contributed by atoms with E-state index in [1.807, 2.05) is 4.90 Å². The molecule has 0 aliphatic carbocycles. The summed E-state index contributed by atoms with van der Waals surface area (Å²) in [6.07, 6.45) is 5.03. The van der Waals surface area contributed by atoms with E-state index in [4.69, 9.17) is 9.47 Å². The molecule has 4 rings (SSSR count). The predicted molar refractivity (Wildman–Crippen MR) is 142 cm³/mol. The summed E-state index contributed by atoms with van der Waals surface area (Å²) in [7, 11) is 1.54. The first-order valence-corrected chi connectivity index (χ1v) is 13.1. The molecule has 2 saturated heterocycles. The van der Waals surface area contributed by atoms with Crippen LogP contribution in [0.3, 0.4) is 0 Å². The van der Waals surface area contributed by atoms with Gasteiger partial charge in [0.15, 0.2) is 17.3 Å². The maximum atomic E-state index is 12.7. The van der Waals surface area contributed by atoms with E-state index in [1.165, 1.54) is 0 Å². The molecule has 2 fully saturated rings. The van der Waals surface area contributed by atoms with Gasteiger partial charge in [0, 0.05) is 57.7 Å². The number of nitrogens with one attached hydrogen (secondary N) is 1. The monoisotopic (exact) mass is 524 g/mol. The third-order valence-corrected chi connectivity index (χ3v) is 6.90. The quantitative estimate of drug-likeness (QED) is 0.347. The van der Waals surface area contributed by atoms with Crippen molar-refractivity contribution in [3.05, 3.63) is 46.9 Å². The second-order valence-electron chi connectivity index (χ2n) is 9.49. The summed E-state index contributed by atoms with van der Waals surface area (Å²) < 4.78 is 11.1. The Morgan fingerprint density at radius 3 is 2.45 bits per heavy atom. The maximum absolute atomic E-state index is 12.7. The SMILES string of the molecule is C=CCCOc1ccc(-c2nnc(CCC(=O)N3CCN(CC(=O)N4CCCC4)CC3)c(=O)[nH]2)cc1OC. The molecule has 1 N–H and O–H groups in total. The lowest BCUT2D eigenvalue weighted by Gasteiger charge is -2.35. The third kappa shape index (κ3) is 6.97. The van der Waals surface area contributed by atoms with Crippen LogP contribution in [0, 0.1) is 0 Å². The summed E-state index contributed by atoms with van der Waals surface area (Å²) in [6, 6.07) is 5.25. The van der Waals surface area contributed by atoms with Crippen LogP contribution in [0.1, 0.15) is 31.4 Å². The van der Waals surface area contributed by atoms with E-state index in [0.717, 1.165) is 25.9 Å². The Labute approximate surface area is 222 Å². The number of benzene rings is 1. The van der Waals surface area contributed by atoms with Crippen molar-refractivity contribution in [2.24, 2.45) is 0 Å². The van der Waals surface area contributed by atoms with Crippen molar-refractivity contribution in [3.63, 3.8) is 0 Å². The van der Waals surface area contributed by atoms with Gasteiger partial charge in [-0.15, -0.1) is 16.8 Å². The maximum Gasteiger partial charge on any atom is 0.273 e. The fraction of sp³-hybridized carbons (Fsp3) is 0.519. The Bertz CT molecular complexity index is 1180. The number of amides is 2. The van der Waals surface area contributed by atoms with Gasteiger partial charge in [0.2, 0.25) is 11.8 Å². The first kappa shape index (κ1) is 27.3. The van der Waals surface area contributed by atoms with Crippen LogP contribution in [0.2, 0.25) is 0 Å². The minimum absolute atomic E-state index is 0.0300. The van der Waals surface area contributed by atoms with Crippen molar-refractivity contribution in [2.75, 3.05) is 59.5 Å². The van der Waals surface area contributed by atoms with Crippen molar-refractivity contribution >= 4 is 11.8 Å². The fourth-order valence-corrected chi connectivity index (χ4v) is 4.64. The minimum atomic E-state index is -0.377. The Kier molecular flexibility index (Phi) is 9.47. The first-order valence-electron chi connectivity index (χ1n) is 13.1. The number of aryl methyl sites for hydroxylation is 1. The van der Waals surface area contributed by atoms with E-state index >= 15 is 0 Å². The van der Waals surface area contributed by atoms with Crippen molar-refractivity contribution in [1.29, 1.82) is 0 Å². The number of piperazine rings is 1. The van der Waals surface area contributed by atoms with Crippen LogP contribution >= 0.6 is 0 Å². The van der Waals surface area contributed by atoms with Crippen LogP contribution in [0.25, 0.3) is 11.4 Å². The topological polar surface area (TPSA) is 121 Å². The molecule has 0 unspecified atom stereocenters. The Morgan fingerprint density at radius 2 is 1.76 bits per heavy atom. The molecule has 11 nitrogen and oxygen atoms in total. The van der Waals surface area contributed by atoms with Gasteiger partial charge in [-0.3, -0.25) is 19.3 Å². The summed E-state index contributed by atoms with van der Waals surface area (Å²) >= 11 is 0. The van der Waals surface area contributed by atoms with Gasteiger partial charge < -0.3 is 24.3 Å². The molecular weight excluding hydrogens is 488 g/mol. The van der Waals surface area contributed by atoms with Gasteiger partial charge in [-0.2, -0.15) is 0 Å². The summed E-state index contributed by atoms with van der Waals surface area (Å²) in [6.45, 7) is 8.76. The molecule has 38 heavy (non-hydrogen) atoms. The fourth-order valence-electron chi connectivity index (χ4n) is 4.64. The number of ether oxygens (including phenoxy) is 2. The first-order chi connectivity index (χ1) is 18.5. The molecule has 0 bridgehead atoms. The zero-order valence-electron chi connectivity index (χ0n) is 22.0. The van der Waals surface area contributed by atoms with E-state index in [9.17, 15) is 14.4 Å². The summed E-state index contributed by atoms with van der Waals surface area (Å²) in [5.41, 5.74) is 0.470. The van der Waals surface area contributed by atoms with Crippen LogP contribution in [-0.4, -0.2) is 101 Å². The Balaban J connectivity index is 1.27. The molecule has 2 aliphatic rings. The number of rotatable bonds is 11. The van der Waals surface area contributed by atoms with Crippen molar-refractivity contribution in [1.82, 2.24) is 29.9 Å². The van der Waals surface area contributed by atoms with Crippen LogP contribution in [-0.2, 0) is 16.0 Å². The number of methoxy groups -OCH3 is 1. The van der Waals surface area contributed by atoms with Gasteiger partial charge in [-0.05, 0) is 37.5 Å². The number of hydrogen-bond acceptors (Lipinski definition) is 8. The molecule has 0 radical (unpaired) electrons. The highest BCUT2D eigenvalue weighted by Gasteiger charge is 2.25. The van der Waals surface area contributed by atoms with Gasteiger partial charge in [-0.1, -0.05) is 6.08 Å². The lowest BCUT2D eigenvalue weighted by Crippen LogP contribution is -2.51. The average molecular weight is 525 g/mol. The van der Waals surface area contributed by atoms with Crippen LogP contribution in [0.15, 0.2) is 35.6 Å². The normalized spacial score (nSPS) is 15.9. The Hall–Kier alpha value is -3.73. The second-order valence-corrected chi connectivity index (χ2v) is 9.49. The zero-order valence-corrected chi connectivity index (χ0v) is 22.0. The molecule has 1 aromatic heterocycles. The highest BCUT2D eigenvalue weighted by atomic mass is 16.5. The molecule has 0 spiro atoms. The molecule has 2 aliphatic heterocycles. The second kappa shape index (κ2) is 13.2. The van der Waals surface area contributed by atoms with Crippen LogP contribution in [0.5, 0.6) is 11.5 Å². The molecule has 2 aromatic rings. The number of carbonyl (C=O) groups excluding carboxylic acids is 2. The number of carbonyl (C=O) groups is 2. The average Bonchev–Trinajstić information content (AvgIpc) is 3.48. The molecular formula is C27H36N6O5. The molecule has 204 valence electrons. The zero-order chi connectivity index (χ0) is 26.9. The highest BCUT2D eigenvalue weighted by molar-refractivity contribution is 5.79. The minimum Gasteiger partial charge on any atom is -0.493 e. The molecule has 11 heteroatoms. The van der Waals surface area contributed by atoms with E-state index in [-0.39, 0.29) is 35.9 Å². The molecule has 1 aromatic carbocycles. The molecule has 0 saturated carbocycles. The molecule has 3 heterocycles. The van der Waals surface area contributed by atoms with Crippen molar-refractivity contribution in [3.8, 4) is 22.9 Å². The summed E-state index contributed by atoms with van der Waals surface area (Å²) in [5, 5.41) is 8.26. The molecule has 0 atom stereocenters. The number of aromatic nitrogens is 3. The van der Waals surface area contributed by atoms with E-state index in [2.05, 4.69) is 26.7 Å². The largest absolute Gasteiger partial charge is 0.493 e. The van der Waals surface area contributed by atoms with E-state index < -0.39 is 0 Å². The Morgan fingerprint density at radius 1 is 1.03 bits per heavy atom. The number of nitrogens with zero attached hydrogens (tertiary/aromatic N) is 5. The van der Waals surface area contributed by atoms with Crippen molar-refractivity contribution < 1.29 is 19.1 Å². The van der Waals surface area contributed by atoms with Crippen LogP contribution in [0.4, 0.5) is 0 Å². The van der Waals surface area contributed by atoms with E-state index in [1.54, 1.807) is 36.3 Å². The number of hydrogen-bond donors (Lipinski definition) is 1. The predicted octanol–water partition coefficient (Wildman–Crippen LogP) is 1.49. The summed E-state index contributed by atoms with van der Waals surface area (Å²) in [5.74, 6) is 1.56. The highest BCUT2D eigenvalue weighted by Crippen LogP contribution is 2.31. The van der Waals surface area contributed by atoms with Gasteiger partial charge in [0.05, 0.1) is 20.3 Å². The smallest absolute Gasteiger partial charge is 0.273 e. The lowest BCUT2D eigenvalue weighted by molar-refractivity contribution is -0.134. The standard InChI is InChI=1S/C27H36N6O5/c1-3-4-17-38-22-9-7-20(18-23(22)37-2)26-28-27(36)21(29-30-26)8-10-24(34)33-15-13-31(14-16-33)19-25(35)32-11-5-6-12-32/h3,7,9,18H,1,4-6,8,10-17,19H2,2H3,(H,28,30,36). The van der Waals surface area contributed by atoms with Gasteiger partial charge in [-0.25, -0.2) is 0 Å². The van der Waals surface area contributed by atoms with E-state index in [0.29, 0.717) is 68.6 Å². The van der Waals surface area contributed by atoms with Gasteiger partial charge in [0.25, 0.3) is 5.56 Å².